The van der Waals surface area contributed by atoms with Crippen LogP contribution in [-0.2, 0) is 16.0 Å². The van der Waals surface area contributed by atoms with Gasteiger partial charge < -0.3 is 10.3 Å². The van der Waals surface area contributed by atoms with Crippen LogP contribution in [0.15, 0.2) is 42.5 Å². The molecule has 1 heterocycles. The molecule has 27 heavy (non-hydrogen) atoms. The van der Waals surface area contributed by atoms with Gasteiger partial charge in [0.15, 0.2) is 0 Å². The number of rotatable bonds is 6. The topological polar surface area (TPSA) is 98.9 Å². The highest BCUT2D eigenvalue weighted by atomic mass is 16.2. The zero-order valence-corrected chi connectivity index (χ0v) is 15.4. The molecule has 4 N–H and O–H groups in total. The van der Waals surface area contributed by atoms with E-state index in [0.29, 0.717) is 6.42 Å². The van der Waals surface area contributed by atoms with E-state index in [2.05, 4.69) is 26.1 Å². The van der Waals surface area contributed by atoms with Crippen molar-refractivity contribution in [3.05, 3.63) is 59.4 Å². The first-order chi connectivity index (χ1) is 13.0. The van der Waals surface area contributed by atoms with E-state index in [4.69, 9.17) is 0 Å². The summed E-state index contributed by atoms with van der Waals surface area (Å²) in [4.78, 5) is 31.4. The second kappa shape index (κ2) is 8.35. The second-order valence-electron chi connectivity index (χ2n) is 6.47. The maximum atomic E-state index is 11.9. The van der Waals surface area contributed by atoms with Crippen LogP contribution < -0.4 is 16.2 Å². The highest BCUT2D eigenvalue weighted by Gasteiger charge is 2.08. The Labute approximate surface area is 157 Å². The lowest BCUT2D eigenvalue weighted by atomic mass is 10.1. The fourth-order valence-corrected chi connectivity index (χ4v) is 2.79. The quantitative estimate of drug-likeness (QED) is 0.504. The van der Waals surface area contributed by atoms with E-state index in [9.17, 15) is 9.59 Å². The first kappa shape index (κ1) is 18.4. The van der Waals surface area contributed by atoms with Crippen molar-refractivity contribution in [1.29, 1.82) is 0 Å². The van der Waals surface area contributed by atoms with Gasteiger partial charge >= 0.3 is 0 Å². The molecule has 0 unspecified atom stereocenters. The number of fused-ring (bicyclic) bond motifs is 1. The molecule has 0 radical (unpaired) electrons. The Morgan fingerprint density at radius 3 is 2.59 bits per heavy atom. The van der Waals surface area contributed by atoms with Crippen molar-refractivity contribution >= 4 is 28.5 Å². The van der Waals surface area contributed by atoms with Crippen LogP contribution in [0.3, 0.4) is 0 Å². The maximum Gasteiger partial charge on any atom is 0.257 e. The number of anilines is 1. The van der Waals surface area contributed by atoms with Gasteiger partial charge in [0, 0.05) is 18.5 Å². The molecule has 0 spiro atoms. The van der Waals surface area contributed by atoms with Crippen molar-refractivity contribution in [2.45, 2.75) is 26.7 Å². The van der Waals surface area contributed by atoms with Gasteiger partial charge in [-0.15, -0.1) is 0 Å². The van der Waals surface area contributed by atoms with Gasteiger partial charge in [0.2, 0.25) is 5.91 Å². The fraction of sp³-hybridized carbons (Fsp3) is 0.250. The molecular weight excluding hydrogens is 342 g/mol. The van der Waals surface area contributed by atoms with Gasteiger partial charge in [-0.2, -0.15) is 0 Å². The molecule has 0 bridgehead atoms. The normalized spacial score (nSPS) is 10.6. The molecule has 7 heteroatoms. The van der Waals surface area contributed by atoms with Crippen molar-refractivity contribution < 1.29 is 9.59 Å². The Balaban J connectivity index is 1.39. The Hall–Kier alpha value is -3.35. The summed E-state index contributed by atoms with van der Waals surface area (Å²) < 4.78 is 0. The number of aryl methyl sites for hydroxylation is 3. The van der Waals surface area contributed by atoms with Gasteiger partial charge in [-0.3, -0.25) is 20.4 Å². The molecule has 0 aliphatic heterocycles. The number of H-pyrrole nitrogens is 1. The predicted molar refractivity (Wildman–Crippen MR) is 105 cm³/mol. The minimum absolute atomic E-state index is 0.0771. The molecule has 0 aliphatic carbocycles. The number of hydrazine groups is 1. The number of carbonyl (C=O) groups excluding carboxylic acids is 2. The van der Waals surface area contributed by atoms with Gasteiger partial charge in [-0.1, -0.05) is 29.8 Å². The summed E-state index contributed by atoms with van der Waals surface area (Å²) in [5.41, 5.74) is 9.79. The number of benzene rings is 2. The summed E-state index contributed by atoms with van der Waals surface area (Å²) in [6, 6.07) is 13.7. The number of nitrogens with one attached hydrogen (secondary N) is 4. The molecule has 2 aromatic carbocycles. The zero-order valence-electron chi connectivity index (χ0n) is 15.4. The molecule has 3 rings (SSSR count). The van der Waals surface area contributed by atoms with Gasteiger partial charge in [0.05, 0.1) is 17.6 Å². The van der Waals surface area contributed by atoms with Gasteiger partial charge in [-0.25, -0.2) is 4.98 Å². The Morgan fingerprint density at radius 2 is 1.81 bits per heavy atom. The van der Waals surface area contributed by atoms with Crippen molar-refractivity contribution in [1.82, 2.24) is 20.8 Å². The maximum absolute atomic E-state index is 11.9. The Kier molecular flexibility index (Phi) is 5.71. The van der Waals surface area contributed by atoms with Crippen molar-refractivity contribution in [2.75, 3.05) is 11.9 Å². The smallest absolute Gasteiger partial charge is 0.257 e. The first-order valence-electron chi connectivity index (χ1n) is 8.84. The highest BCUT2D eigenvalue weighted by molar-refractivity contribution is 5.84. The second-order valence-corrected chi connectivity index (χ2v) is 6.47. The average Bonchev–Trinajstić information content (AvgIpc) is 3.07. The summed E-state index contributed by atoms with van der Waals surface area (Å²) in [6.45, 7) is 4.07. The van der Waals surface area contributed by atoms with Crippen LogP contribution in [0, 0.1) is 13.8 Å². The number of nitrogens with zero attached hydrogens (tertiary/aromatic N) is 1. The number of hydrogen-bond acceptors (Lipinski definition) is 4. The summed E-state index contributed by atoms with van der Waals surface area (Å²) in [5.74, 6) is 0.163. The van der Waals surface area contributed by atoms with Gasteiger partial charge in [0.1, 0.15) is 5.82 Å². The largest absolute Gasteiger partial charge is 0.376 e. The standard InChI is InChI=1S/C20H23N5O2/c1-13-7-8-15(14(2)11-13)21-12-20(27)25-24-19(26)10-9-18-22-16-5-3-4-6-17(16)23-18/h3-8,11,21H,9-10,12H2,1-2H3,(H,22,23)(H,24,26)(H,25,27). The third-order valence-electron chi connectivity index (χ3n) is 4.19. The van der Waals surface area contributed by atoms with Crippen molar-refractivity contribution in [2.24, 2.45) is 0 Å². The number of carbonyl (C=O) groups is 2. The lowest BCUT2D eigenvalue weighted by Crippen LogP contribution is -2.44. The number of imidazole rings is 1. The van der Waals surface area contributed by atoms with E-state index < -0.39 is 0 Å². The lowest BCUT2D eigenvalue weighted by molar-refractivity contribution is -0.128. The third-order valence-corrected chi connectivity index (χ3v) is 4.19. The molecule has 0 fully saturated rings. The first-order valence-corrected chi connectivity index (χ1v) is 8.84. The number of aromatic nitrogens is 2. The molecule has 3 aromatic rings. The number of hydrogen-bond donors (Lipinski definition) is 4. The van der Waals surface area contributed by atoms with Crippen LogP contribution in [0.2, 0.25) is 0 Å². The minimum atomic E-state index is -0.313. The van der Waals surface area contributed by atoms with E-state index >= 15 is 0 Å². The fourth-order valence-electron chi connectivity index (χ4n) is 2.79. The van der Waals surface area contributed by atoms with E-state index in [1.807, 2.05) is 56.3 Å². The van der Waals surface area contributed by atoms with E-state index in [1.165, 1.54) is 5.56 Å². The van der Waals surface area contributed by atoms with Gasteiger partial charge in [0.25, 0.3) is 5.91 Å². The lowest BCUT2D eigenvalue weighted by Gasteiger charge is -2.11. The van der Waals surface area contributed by atoms with Crippen molar-refractivity contribution in [3.63, 3.8) is 0 Å². The average molecular weight is 365 g/mol. The molecule has 0 aliphatic rings. The molecule has 0 saturated carbocycles. The zero-order chi connectivity index (χ0) is 19.2. The van der Waals surface area contributed by atoms with Crippen LogP contribution in [0.25, 0.3) is 11.0 Å². The third kappa shape index (κ3) is 5.07. The molecule has 1 aromatic heterocycles. The molecule has 0 saturated heterocycles. The van der Waals surface area contributed by atoms with E-state index in [1.54, 1.807) is 0 Å². The van der Waals surface area contributed by atoms with Crippen LogP contribution in [-0.4, -0.2) is 28.3 Å². The Bertz CT molecular complexity index is 931. The number of para-hydroxylation sites is 2. The van der Waals surface area contributed by atoms with E-state index in [0.717, 1.165) is 28.1 Å². The Morgan fingerprint density at radius 1 is 1.04 bits per heavy atom. The number of aromatic amines is 1. The van der Waals surface area contributed by atoms with Crippen LogP contribution >= 0.6 is 0 Å². The van der Waals surface area contributed by atoms with Gasteiger partial charge in [-0.05, 0) is 37.6 Å². The molecule has 140 valence electrons. The molecular formula is C20H23N5O2. The summed E-state index contributed by atoms with van der Waals surface area (Å²) >= 11 is 0. The molecule has 0 atom stereocenters. The predicted octanol–water partition coefficient (Wildman–Crippen LogP) is 2.37. The monoisotopic (exact) mass is 365 g/mol. The molecule has 2 amide bonds. The SMILES string of the molecule is Cc1ccc(NCC(=O)NNC(=O)CCc2nc3ccccc3[nH]2)c(C)c1. The van der Waals surface area contributed by atoms with E-state index in [-0.39, 0.29) is 24.8 Å². The van der Waals surface area contributed by atoms with Crippen LogP contribution in [0.5, 0.6) is 0 Å². The number of amides is 2. The van der Waals surface area contributed by atoms with Crippen molar-refractivity contribution in [3.8, 4) is 0 Å². The minimum Gasteiger partial charge on any atom is -0.376 e. The summed E-state index contributed by atoms with van der Waals surface area (Å²) in [6.07, 6.45) is 0.696. The molecule has 7 nitrogen and oxygen atoms in total. The summed E-state index contributed by atoms with van der Waals surface area (Å²) in [7, 11) is 0. The van der Waals surface area contributed by atoms with Crippen LogP contribution in [0.1, 0.15) is 23.4 Å². The van der Waals surface area contributed by atoms with Crippen LogP contribution in [0.4, 0.5) is 5.69 Å². The highest BCUT2D eigenvalue weighted by Crippen LogP contribution is 2.15. The summed E-state index contributed by atoms with van der Waals surface area (Å²) in [5, 5.41) is 3.06.